The van der Waals surface area contributed by atoms with Gasteiger partial charge in [0, 0.05) is 5.33 Å². The molecule has 0 saturated heterocycles. The average molecular weight is 288 g/mol. The molecule has 2 aromatic rings. The molecule has 2 atom stereocenters. The van der Waals surface area contributed by atoms with Crippen molar-refractivity contribution in [3.05, 3.63) is 29.3 Å². The van der Waals surface area contributed by atoms with Crippen molar-refractivity contribution >= 4 is 37.5 Å². The summed E-state index contributed by atoms with van der Waals surface area (Å²) in [4.78, 5) is 4.16. The van der Waals surface area contributed by atoms with Crippen molar-refractivity contribution in [3.8, 4) is 0 Å². The van der Waals surface area contributed by atoms with Gasteiger partial charge >= 0.3 is 0 Å². The van der Waals surface area contributed by atoms with Crippen molar-refractivity contribution in [1.82, 2.24) is 4.98 Å². The molecule has 0 aliphatic carbocycles. The SMILES string of the molecule is OC(CBr)C(O)c1ccc2scnc2c1. The van der Waals surface area contributed by atoms with Gasteiger partial charge in [-0.3, -0.25) is 0 Å². The van der Waals surface area contributed by atoms with E-state index in [-0.39, 0.29) is 0 Å². The lowest BCUT2D eigenvalue weighted by molar-refractivity contribution is 0.0343. The van der Waals surface area contributed by atoms with Gasteiger partial charge < -0.3 is 10.2 Å². The second kappa shape index (κ2) is 4.57. The van der Waals surface area contributed by atoms with Crippen molar-refractivity contribution in [1.29, 1.82) is 0 Å². The molecule has 2 rings (SSSR count). The van der Waals surface area contributed by atoms with Crippen LogP contribution in [0.1, 0.15) is 11.7 Å². The van der Waals surface area contributed by atoms with Crippen LogP contribution in [0.2, 0.25) is 0 Å². The molecule has 2 N–H and O–H groups in total. The minimum atomic E-state index is -0.865. The van der Waals surface area contributed by atoms with Gasteiger partial charge in [-0.2, -0.15) is 0 Å². The maximum atomic E-state index is 9.78. The third-order valence-electron chi connectivity index (χ3n) is 2.22. The molecule has 80 valence electrons. The van der Waals surface area contributed by atoms with Gasteiger partial charge in [0.1, 0.15) is 6.10 Å². The molecule has 1 heterocycles. The first-order valence-corrected chi connectivity index (χ1v) is 6.47. The molecule has 0 saturated carbocycles. The molecule has 2 unspecified atom stereocenters. The fourth-order valence-electron chi connectivity index (χ4n) is 1.37. The maximum absolute atomic E-state index is 9.78. The van der Waals surface area contributed by atoms with E-state index in [1.54, 1.807) is 16.8 Å². The number of rotatable bonds is 3. The Morgan fingerprint density at radius 2 is 2.20 bits per heavy atom. The number of thiazole rings is 1. The van der Waals surface area contributed by atoms with Crippen LogP contribution in [-0.4, -0.2) is 26.6 Å². The van der Waals surface area contributed by atoms with Crippen LogP contribution < -0.4 is 0 Å². The molecule has 3 nitrogen and oxygen atoms in total. The van der Waals surface area contributed by atoms with Crippen LogP contribution in [0.15, 0.2) is 23.7 Å². The summed E-state index contributed by atoms with van der Waals surface area (Å²) in [5.41, 5.74) is 3.32. The zero-order chi connectivity index (χ0) is 10.8. The molecule has 15 heavy (non-hydrogen) atoms. The predicted octanol–water partition coefficient (Wildman–Crippen LogP) is 2.09. The first kappa shape index (κ1) is 11.0. The van der Waals surface area contributed by atoms with E-state index in [1.807, 2.05) is 18.2 Å². The summed E-state index contributed by atoms with van der Waals surface area (Å²) in [6, 6.07) is 5.53. The highest BCUT2D eigenvalue weighted by Crippen LogP contribution is 2.24. The number of aliphatic hydroxyl groups is 2. The summed E-state index contributed by atoms with van der Waals surface area (Å²) < 4.78 is 1.08. The van der Waals surface area contributed by atoms with Gasteiger partial charge in [0.15, 0.2) is 0 Å². The van der Waals surface area contributed by atoms with Gasteiger partial charge in [0.05, 0.1) is 21.8 Å². The number of hydrogen-bond donors (Lipinski definition) is 2. The zero-order valence-corrected chi connectivity index (χ0v) is 10.2. The van der Waals surface area contributed by atoms with Gasteiger partial charge in [-0.25, -0.2) is 4.98 Å². The van der Waals surface area contributed by atoms with Gasteiger partial charge in [-0.1, -0.05) is 22.0 Å². The van der Waals surface area contributed by atoms with Crippen LogP contribution in [0.25, 0.3) is 10.2 Å². The van der Waals surface area contributed by atoms with Crippen molar-refractivity contribution in [2.75, 3.05) is 5.33 Å². The minimum Gasteiger partial charge on any atom is -0.389 e. The molecule has 0 aliphatic rings. The highest BCUT2D eigenvalue weighted by atomic mass is 79.9. The number of benzene rings is 1. The smallest absolute Gasteiger partial charge is 0.106 e. The Hall–Kier alpha value is -0.490. The van der Waals surface area contributed by atoms with Crippen LogP contribution in [0, 0.1) is 0 Å². The normalized spacial score (nSPS) is 15.4. The lowest BCUT2D eigenvalue weighted by Crippen LogP contribution is -2.19. The van der Waals surface area contributed by atoms with Crippen LogP contribution in [0.4, 0.5) is 0 Å². The van der Waals surface area contributed by atoms with Crippen LogP contribution in [0.3, 0.4) is 0 Å². The van der Waals surface area contributed by atoms with Crippen LogP contribution >= 0.6 is 27.3 Å². The summed E-state index contributed by atoms with van der Waals surface area (Å²) >= 11 is 4.69. The number of alkyl halides is 1. The van der Waals surface area contributed by atoms with Gasteiger partial charge in [-0.15, -0.1) is 11.3 Å². The van der Waals surface area contributed by atoms with Gasteiger partial charge in [0.2, 0.25) is 0 Å². The van der Waals surface area contributed by atoms with E-state index in [9.17, 15) is 10.2 Å². The number of aliphatic hydroxyl groups excluding tert-OH is 2. The van der Waals surface area contributed by atoms with Gasteiger partial charge in [0.25, 0.3) is 0 Å². The summed E-state index contributed by atoms with van der Waals surface area (Å²) in [7, 11) is 0. The highest BCUT2D eigenvalue weighted by molar-refractivity contribution is 9.09. The van der Waals surface area contributed by atoms with E-state index in [4.69, 9.17) is 0 Å². The summed E-state index contributed by atoms with van der Waals surface area (Å²) in [6.45, 7) is 0. The Balaban J connectivity index is 2.35. The quantitative estimate of drug-likeness (QED) is 0.850. The first-order chi connectivity index (χ1) is 7.22. The molecule has 0 radical (unpaired) electrons. The largest absolute Gasteiger partial charge is 0.389 e. The Morgan fingerprint density at radius 1 is 1.40 bits per heavy atom. The number of fused-ring (bicyclic) bond motifs is 1. The molecule has 0 spiro atoms. The molecule has 5 heteroatoms. The van der Waals surface area contributed by atoms with E-state index in [0.717, 1.165) is 10.2 Å². The number of halogens is 1. The van der Waals surface area contributed by atoms with E-state index >= 15 is 0 Å². The van der Waals surface area contributed by atoms with Crippen LogP contribution in [-0.2, 0) is 0 Å². The van der Waals surface area contributed by atoms with E-state index in [2.05, 4.69) is 20.9 Å². The third kappa shape index (κ3) is 2.20. The Bertz CT molecular complexity index is 459. The molecular formula is C10H10BrNO2S. The maximum Gasteiger partial charge on any atom is 0.106 e. The first-order valence-electron chi connectivity index (χ1n) is 4.47. The Morgan fingerprint density at radius 3 is 2.93 bits per heavy atom. The monoisotopic (exact) mass is 287 g/mol. The Kier molecular flexibility index (Phi) is 3.35. The standard InChI is InChI=1S/C10H10BrNO2S/c11-4-8(13)10(14)6-1-2-9-7(3-6)12-5-15-9/h1-3,5,8,10,13-14H,4H2. The number of hydrogen-bond acceptors (Lipinski definition) is 4. The number of aromatic nitrogens is 1. The van der Waals surface area contributed by atoms with E-state index in [1.165, 1.54) is 0 Å². The third-order valence-corrected chi connectivity index (χ3v) is 3.69. The molecule has 0 aliphatic heterocycles. The molecule has 0 bridgehead atoms. The molecular weight excluding hydrogens is 278 g/mol. The van der Waals surface area contributed by atoms with Crippen molar-refractivity contribution < 1.29 is 10.2 Å². The fraction of sp³-hybridized carbons (Fsp3) is 0.300. The van der Waals surface area contributed by atoms with Crippen molar-refractivity contribution in [3.63, 3.8) is 0 Å². The number of nitrogens with zero attached hydrogens (tertiary/aromatic N) is 1. The van der Waals surface area contributed by atoms with Crippen LogP contribution in [0.5, 0.6) is 0 Å². The average Bonchev–Trinajstić information content (AvgIpc) is 2.73. The minimum absolute atomic E-state index is 0.350. The predicted molar refractivity (Wildman–Crippen MR) is 64.4 cm³/mol. The van der Waals surface area contributed by atoms with Gasteiger partial charge in [-0.05, 0) is 17.7 Å². The molecule has 0 fully saturated rings. The second-order valence-corrected chi connectivity index (χ2v) is 4.78. The fourth-order valence-corrected chi connectivity index (χ4v) is 2.38. The zero-order valence-electron chi connectivity index (χ0n) is 7.80. The van der Waals surface area contributed by atoms with E-state index < -0.39 is 12.2 Å². The lowest BCUT2D eigenvalue weighted by Gasteiger charge is -2.15. The summed E-state index contributed by atoms with van der Waals surface area (Å²) in [6.07, 6.45) is -1.66. The van der Waals surface area contributed by atoms with Crippen molar-refractivity contribution in [2.24, 2.45) is 0 Å². The summed E-state index contributed by atoms with van der Waals surface area (Å²) in [5.74, 6) is 0. The summed E-state index contributed by atoms with van der Waals surface area (Å²) in [5, 5.41) is 19.6. The highest BCUT2D eigenvalue weighted by Gasteiger charge is 2.17. The molecule has 1 aromatic carbocycles. The molecule has 1 aromatic heterocycles. The Labute approximate surface area is 99.5 Å². The molecule has 0 amide bonds. The van der Waals surface area contributed by atoms with Crippen molar-refractivity contribution in [2.45, 2.75) is 12.2 Å². The lowest BCUT2D eigenvalue weighted by atomic mass is 10.1. The topological polar surface area (TPSA) is 53.4 Å². The second-order valence-electron chi connectivity index (χ2n) is 3.25. The van der Waals surface area contributed by atoms with E-state index in [0.29, 0.717) is 10.9 Å².